The SMILES string of the molecule is COc1ccc(-c2nnc3ccc(OCCNC(=O)Cc4ccc([N+](=O)[O-])cc4)nn23)cc1OC. The fourth-order valence-electron chi connectivity index (χ4n) is 3.33. The largest absolute Gasteiger partial charge is 0.493 e. The third kappa shape index (κ3) is 5.43. The molecular formula is C23H22N6O6. The van der Waals surface area contributed by atoms with E-state index < -0.39 is 4.92 Å². The molecule has 2 heterocycles. The predicted octanol–water partition coefficient (Wildman–Crippen LogP) is 2.45. The Labute approximate surface area is 199 Å². The van der Waals surface area contributed by atoms with Crippen LogP contribution in [-0.4, -0.2) is 58.0 Å². The van der Waals surface area contributed by atoms with Gasteiger partial charge in [-0.2, -0.15) is 4.52 Å². The van der Waals surface area contributed by atoms with E-state index in [2.05, 4.69) is 20.6 Å². The number of benzene rings is 2. The summed E-state index contributed by atoms with van der Waals surface area (Å²) in [5.41, 5.74) is 1.93. The predicted molar refractivity (Wildman–Crippen MR) is 125 cm³/mol. The second-order valence-corrected chi connectivity index (χ2v) is 7.33. The van der Waals surface area contributed by atoms with Crippen LogP contribution in [0.15, 0.2) is 54.6 Å². The second kappa shape index (κ2) is 10.5. The Kier molecular flexibility index (Phi) is 7.00. The fraction of sp³-hybridized carbons (Fsp3) is 0.217. The van der Waals surface area contributed by atoms with Crippen molar-refractivity contribution in [2.75, 3.05) is 27.4 Å². The van der Waals surface area contributed by atoms with E-state index in [0.717, 1.165) is 5.56 Å². The Bertz CT molecular complexity index is 1350. The number of hydrogen-bond donors (Lipinski definition) is 1. The lowest BCUT2D eigenvalue weighted by Gasteiger charge is -2.09. The molecule has 12 heteroatoms. The van der Waals surface area contributed by atoms with Crippen LogP contribution in [0.5, 0.6) is 17.4 Å². The Balaban J connectivity index is 1.35. The minimum atomic E-state index is -0.483. The maximum atomic E-state index is 12.1. The van der Waals surface area contributed by atoms with Crippen LogP contribution in [0.4, 0.5) is 5.69 Å². The number of nitrogens with one attached hydrogen (secondary N) is 1. The van der Waals surface area contributed by atoms with Crippen LogP contribution >= 0.6 is 0 Å². The summed E-state index contributed by atoms with van der Waals surface area (Å²) in [5.74, 6) is 1.77. The molecule has 35 heavy (non-hydrogen) atoms. The molecule has 0 radical (unpaired) electrons. The van der Waals surface area contributed by atoms with Crippen molar-refractivity contribution >= 4 is 17.2 Å². The molecule has 0 saturated carbocycles. The molecule has 1 N–H and O–H groups in total. The molecule has 1 amide bonds. The minimum absolute atomic E-state index is 0.0191. The van der Waals surface area contributed by atoms with Crippen LogP contribution in [0.2, 0.25) is 0 Å². The monoisotopic (exact) mass is 478 g/mol. The van der Waals surface area contributed by atoms with Crippen LogP contribution in [0.3, 0.4) is 0 Å². The molecule has 4 rings (SSSR count). The molecule has 0 spiro atoms. The van der Waals surface area contributed by atoms with Crippen molar-refractivity contribution in [3.8, 4) is 28.8 Å². The summed E-state index contributed by atoms with van der Waals surface area (Å²) in [6, 6.07) is 14.6. The van der Waals surface area contributed by atoms with E-state index in [1.807, 2.05) is 6.07 Å². The summed E-state index contributed by atoms with van der Waals surface area (Å²) in [6.45, 7) is 0.453. The summed E-state index contributed by atoms with van der Waals surface area (Å²) in [4.78, 5) is 22.4. The van der Waals surface area contributed by atoms with Gasteiger partial charge in [0.2, 0.25) is 11.8 Å². The highest BCUT2D eigenvalue weighted by molar-refractivity contribution is 5.78. The number of hydrogen-bond acceptors (Lipinski definition) is 9. The molecule has 0 atom stereocenters. The lowest BCUT2D eigenvalue weighted by Crippen LogP contribution is -2.29. The minimum Gasteiger partial charge on any atom is -0.493 e. The summed E-state index contributed by atoms with van der Waals surface area (Å²) >= 11 is 0. The van der Waals surface area contributed by atoms with Crippen molar-refractivity contribution < 1.29 is 23.9 Å². The number of carbonyl (C=O) groups excluding carboxylic acids is 1. The van der Waals surface area contributed by atoms with Gasteiger partial charge in [0, 0.05) is 23.8 Å². The lowest BCUT2D eigenvalue weighted by molar-refractivity contribution is -0.384. The van der Waals surface area contributed by atoms with Crippen molar-refractivity contribution in [1.29, 1.82) is 0 Å². The highest BCUT2D eigenvalue weighted by Crippen LogP contribution is 2.31. The lowest BCUT2D eigenvalue weighted by atomic mass is 10.1. The number of non-ortho nitro benzene ring substituents is 1. The molecule has 2 aromatic carbocycles. The van der Waals surface area contributed by atoms with E-state index in [-0.39, 0.29) is 31.2 Å². The Morgan fingerprint density at radius 1 is 1.03 bits per heavy atom. The molecule has 0 bridgehead atoms. The number of aromatic nitrogens is 4. The number of rotatable bonds is 10. The van der Waals surface area contributed by atoms with E-state index in [4.69, 9.17) is 14.2 Å². The quantitative estimate of drug-likeness (QED) is 0.206. The first kappa shape index (κ1) is 23.4. The molecular weight excluding hydrogens is 456 g/mol. The van der Waals surface area contributed by atoms with Gasteiger partial charge in [-0.15, -0.1) is 15.3 Å². The number of fused-ring (bicyclic) bond motifs is 1. The van der Waals surface area contributed by atoms with Crippen molar-refractivity contribution in [2.24, 2.45) is 0 Å². The van der Waals surface area contributed by atoms with Crippen LogP contribution in [0.25, 0.3) is 17.0 Å². The fourth-order valence-corrected chi connectivity index (χ4v) is 3.33. The normalized spacial score (nSPS) is 10.7. The van der Waals surface area contributed by atoms with Gasteiger partial charge >= 0.3 is 0 Å². The third-order valence-electron chi connectivity index (χ3n) is 5.07. The molecule has 2 aromatic heterocycles. The van der Waals surface area contributed by atoms with Crippen LogP contribution < -0.4 is 19.5 Å². The molecule has 0 aliphatic heterocycles. The van der Waals surface area contributed by atoms with Gasteiger partial charge in [-0.25, -0.2) is 0 Å². The Morgan fingerprint density at radius 3 is 2.51 bits per heavy atom. The van der Waals surface area contributed by atoms with Gasteiger partial charge in [0.1, 0.15) is 6.61 Å². The maximum Gasteiger partial charge on any atom is 0.269 e. The van der Waals surface area contributed by atoms with Crippen LogP contribution in [0.1, 0.15) is 5.56 Å². The third-order valence-corrected chi connectivity index (χ3v) is 5.07. The standard InChI is InChI=1S/C23H22N6O6/c1-33-18-8-5-16(14-19(18)34-2)23-26-25-20-9-10-22(27-28(20)23)35-12-11-24-21(30)13-15-3-6-17(7-4-15)29(31)32/h3-10,14H,11-13H2,1-2H3,(H,24,30). The smallest absolute Gasteiger partial charge is 0.269 e. The maximum absolute atomic E-state index is 12.1. The van der Waals surface area contributed by atoms with Gasteiger partial charge in [-0.1, -0.05) is 12.1 Å². The number of carbonyl (C=O) groups is 1. The zero-order chi connectivity index (χ0) is 24.8. The van der Waals surface area contributed by atoms with E-state index >= 15 is 0 Å². The number of nitrogens with zero attached hydrogens (tertiary/aromatic N) is 5. The van der Waals surface area contributed by atoms with Gasteiger partial charge < -0.3 is 19.5 Å². The van der Waals surface area contributed by atoms with E-state index in [0.29, 0.717) is 34.4 Å². The number of nitro groups is 1. The number of methoxy groups -OCH3 is 2. The summed E-state index contributed by atoms with van der Waals surface area (Å²) in [5, 5.41) is 26.3. The number of amides is 1. The van der Waals surface area contributed by atoms with Gasteiger partial charge in [0.05, 0.1) is 32.1 Å². The van der Waals surface area contributed by atoms with Crippen LogP contribution in [-0.2, 0) is 11.2 Å². The molecule has 0 aliphatic rings. The van der Waals surface area contributed by atoms with Gasteiger partial charge in [-0.05, 0) is 29.8 Å². The topological polar surface area (TPSA) is 143 Å². The van der Waals surface area contributed by atoms with Crippen molar-refractivity contribution in [3.05, 3.63) is 70.3 Å². The zero-order valence-electron chi connectivity index (χ0n) is 19.0. The average molecular weight is 478 g/mol. The zero-order valence-corrected chi connectivity index (χ0v) is 19.0. The Hall–Kier alpha value is -4.74. The van der Waals surface area contributed by atoms with Gasteiger partial charge in [-0.3, -0.25) is 14.9 Å². The number of nitro benzene ring substituents is 1. The van der Waals surface area contributed by atoms with Crippen molar-refractivity contribution in [1.82, 2.24) is 25.1 Å². The summed E-state index contributed by atoms with van der Waals surface area (Å²) in [6.07, 6.45) is 0.109. The first-order chi connectivity index (χ1) is 17.0. The second-order valence-electron chi connectivity index (χ2n) is 7.33. The van der Waals surface area contributed by atoms with Crippen molar-refractivity contribution in [3.63, 3.8) is 0 Å². The highest BCUT2D eigenvalue weighted by Gasteiger charge is 2.14. The van der Waals surface area contributed by atoms with Gasteiger partial charge in [0.15, 0.2) is 23.0 Å². The molecule has 0 unspecified atom stereocenters. The highest BCUT2D eigenvalue weighted by atomic mass is 16.6. The van der Waals surface area contributed by atoms with Gasteiger partial charge in [0.25, 0.3) is 5.69 Å². The summed E-state index contributed by atoms with van der Waals surface area (Å²) < 4.78 is 17.9. The average Bonchev–Trinajstić information content (AvgIpc) is 3.30. The van der Waals surface area contributed by atoms with Crippen LogP contribution in [0, 0.1) is 10.1 Å². The molecule has 180 valence electrons. The molecule has 0 fully saturated rings. The van der Waals surface area contributed by atoms with E-state index in [1.54, 1.807) is 55.1 Å². The first-order valence-corrected chi connectivity index (χ1v) is 10.6. The molecule has 4 aromatic rings. The Morgan fingerprint density at radius 2 is 1.80 bits per heavy atom. The van der Waals surface area contributed by atoms with E-state index in [9.17, 15) is 14.9 Å². The number of ether oxygens (including phenoxy) is 3. The van der Waals surface area contributed by atoms with Crippen molar-refractivity contribution in [2.45, 2.75) is 6.42 Å². The molecule has 0 aliphatic carbocycles. The molecule has 0 saturated heterocycles. The van der Waals surface area contributed by atoms with E-state index in [1.165, 1.54) is 12.1 Å². The molecule has 12 nitrogen and oxygen atoms in total. The summed E-state index contributed by atoms with van der Waals surface area (Å²) in [7, 11) is 3.12. The first-order valence-electron chi connectivity index (χ1n) is 10.6.